The maximum absolute atomic E-state index is 5.84. The first-order chi connectivity index (χ1) is 11.8. The van der Waals surface area contributed by atoms with Gasteiger partial charge in [-0.3, -0.25) is 0 Å². The van der Waals surface area contributed by atoms with E-state index in [-0.39, 0.29) is 5.25 Å². The molecule has 0 bridgehead atoms. The maximum Gasteiger partial charge on any atom is 0.247 e. The highest BCUT2D eigenvalue weighted by Crippen LogP contribution is 2.41. The Hall–Kier alpha value is -2.15. The molecule has 0 unspecified atom stereocenters. The van der Waals surface area contributed by atoms with Crippen LogP contribution in [-0.2, 0) is 6.54 Å². The van der Waals surface area contributed by atoms with Crippen LogP contribution in [0, 0.1) is 0 Å². The Balaban J connectivity index is 1.53. The molecule has 1 aliphatic rings. The molecule has 1 aromatic carbocycles. The second kappa shape index (κ2) is 6.39. The van der Waals surface area contributed by atoms with Gasteiger partial charge in [0.05, 0.1) is 5.25 Å². The van der Waals surface area contributed by atoms with Crippen molar-refractivity contribution in [3.63, 3.8) is 0 Å². The topological polar surface area (TPSA) is 69.6 Å². The summed E-state index contributed by atoms with van der Waals surface area (Å²) >= 11 is 1.62. The minimum Gasteiger partial charge on any atom is -0.419 e. The first kappa shape index (κ1) is 15.4. The van der Waals surface area contributed by atoms with Gasteiger partial charge in [0.25, 0.3) is 0 Å². The van der Waals surface area contributed by atoms with Crippen molar-refractivity contribution in [2.45, 2.75) is 49.6 Å². The molecule has 0 aliphatic heterocycles. The van der Waals surface area contributed by atoms with Crippen molar-refractivity contribution in [3.05, 3.63) is 42.0 Å². The third kappa shape index (κ3) is 2.96. The van der Waals surface area contributed by atoms with Crippen molar-refractivity contribution in [2.75, 3.05) is 0 Å². The Morgan fingerprint density at radius 2 is 1.96 bits per heavy atom. The summed E-state index contributed by atoms with van der Waals surface area (Å²) in [6, 6.07) is 9.81. The molecule has 1 fully saturated rings. The van der Waals surface area contributed by atoms with Crippen molar-refractivity contribution in [2.24, 2.45) is 0 Å². The molecule has 6 nitrogen and oxygen atoms in total. The number of benzene rings is 1. The fourth-order valence-corrected chi connectivity index (χ4v) is 3.58. The van der Waals surface area contributed by atoms with E-state index in [2.05, 4.69) is 38.8 Å². The van der Waals surface area contributed by atoms with Gasteiger partial charge >= 0.3 is 0 Å². The van der Waals surface area contributed by atoms with E-state index in [0.717, 1.165) is 23.1 Å². The van der Waals surface area contributed by atoms with Crippen molar-refractivity contribution in [3.8, 4) is 11.5 Å². The van der Waals surface area contributed by atoms with Gasteiger partial charge in [-0.05, 0) is 38.8 Å². The third-order valence-corrected chi connectivity index (χ3v) is 5.16. The Bertz CT molecular complexity index is 825. The van der Waals surface area contributed by atoms with Crippen LogP contribution >= 0.6 is 11.8 Å². The molecule has 4 rings (SSSR count). The molecule has 3 aromatic rings. The molecular formula is C17H19N5OS. The zero-order valence-corrected chi connectivity index (χ0v) is 14.5. The van der Waals surface area contributed by atoms with Crippen LogP contribution in [0.3, 0.4) is 0 Å². The van der Waals surface area contributed by atoms with Gasteiger partial charge in [-0.15, -0.1) is 20.4 Å². The molecule has 0 N–H and O–H groups in total. The number of hydrogen-bond acceptors (Lipinski definition) is 6. The van der Waals surface area contributed by atoms with E-state index in [1.54, 1.807) is 11.8 Å². The third-order valence-electron chi connectivity index (χ3n) is 4.10. The predicted molar refractivity (Wildman–Crippen MR) is 91.7 cm³/mol. The lowest BCUT2D eigenvalue weighted by Gasteiger charge is -2.09. The molecule has 1 aliphatic carbocycles. The van der Waals surface area contributed by atoms with Crippen LogP contribution in [-0.4, -0.2) is 25.0 Å². The van der Waals surface area contributed by atoms with E-state index >= 15 is 0 Å². The van der Waals surface area contributed by atoms with Gasteiger partial charge in [-0.2, -0.15) is 0 Å². The van der Waals surface area contributed by atoms with Crippen LogP contribution < -0.4 is 0 Å². The molecule has 0 saturated heterocycles. The Kier molecular flexibility index (Phi) is 4.10. The summed E-state index contributed by atoms with van der Waals surface area (Å²) in [5.74, 6) is 2.86. The molecule has 2 heterocycles. The SMILES string of the molecule is CCn1c(S[C@H](C)c2nnc(-c3ccccc3)o2)nnc1C1CC1. The van der Waals surface area contributed by atoms with Gasteiger partial charge < -0.3 is 8.98 Å². The largest absolute Gasteiger partial charge is 0.419 e. The zero-order chi connectivity index (χ0) is 16.5. The zero-order valence-electron chi connectivity index (χ0n) is 13.7. The highest BCUT2D eigenvalue weighted by Gasteiger charge is 2.30. The molecule has 2 aromatic heterocycles. The van der Waals surface area contributed by atoms with Crippen LogP contribution in [0.5, 0.6) is 0 Å². The molecule has 7 heteroatoms. The van der Waals surface area contributed by atoms with Crippen LogP contribution in [0.1, 0.15) is 49.6 Å². The summed E-state index contributed by atoms with van der Waals surface area (Å²) in [7, 11) is 0. The second-order valence-corrected chi connectivity index (χ2v) is 7.24. The van der Waals surface area contributed by atoms with Crippen molar-refractivity contribution >= 4 is 11.8 Å². The number of aromatic nitrogens is 5. The monoisotopic (exact) mass is 341 g/mol. The minimum atomic E-state index is 0.0246. The Morgan fingerprint density at radius 3 is 2.67 bits per heavy atom. The van der Waals surface area contributed by atoms with E-state index in [4.69, 9.17) is 4.42 Å². The summed E-state index contributed by atoms with van der Waals surface area (Å²) in [5.41, 5.74) is 0.932. The number of thioether (sulfide) groups is 1. The van der Waals surface area contributed by atoms with E-state index in [0.29, 0.717) is 17.7 Å². The molecular weight excluding hydrogens is 322 g/mol. The number of nitrogens with zero attached hydrogens (tertiary/aromatic N) is 5. The van der Waals surface area contributed by atoms with Gasteiger partial charge in [-0.1, -0.05) is 30.0 Å². The predicted octanol–water partition coefficient (Wildman–Crippen LogP) is 4.08. The summed E-state index contributed by atoms with van der Waals surface area (Å²) in [5, 5.41) is 18.1. The molecule has 1 saturated carbocycles. The Labute approximate surface area is 144 Å². The molecule has 0 amide bonds. The fourth-order valence-electron chi connectivity index (χ4n) is 2.63. The first-order valence-corrected chi connectivity index (χ1v) is 9.12. The number of hydrogen-bond donors (Lipinski definition) is 0. The van der Waals surface area contributed by atoms with E-state index in [9.17, 15) is 0 Å². The van der Waals surface area contributed by atoms with Gasteiger partial charge in [0.15, 0.2) is 5.16 Å². The molecule has 0 radical (unpaired) electrons. The van der Waals surface area contributed by atoms with E-state index < -0.39 is 0 Å². The Morgan fingerprint density at radius 1 is 1.17 bits per heavy atom. The van der Waals surface area contributed by atoms with Crippen LogP contribution in [0.2, 0.25) is 0 Å². The second-order valence-electron chi connectivity index (χ2n) is 5.93. The highest BCUT2D eigenvalue weighted by atomic mass is 32.2. The smallest absolute Gasteiger partial charge is 0.247 e. The summed E-state index contributed by atoms with van der Waals surface area (Å²) < 4.78 is 8.04. The van der Waals surface area contributed by atoms with Gasteiger partial charge in [0.1, 0.15) is 5.82 Å². The van der Waals surface area contributed by atoms with Crippen LogP contribution in [0.4, 0.5) is 0 Å². The van der Waals surface area contributed by atoms with E-state index in [1.807, 2.05) is 30.3 Å². The average Bonchev–Trinajstić information content (AvgIpc) is 3.19. The van der Waals surface area contributed by atoms with Gasteiger partial charge in [-0.25, -0.2) is 0 Å². The maximum atomic E-state index is 5.84. The average molecular weight is 341 g/mol. The normalized spacial score (nSPS) is 15.6. The highest BCUT2D eigenvalue weighted by molar-refractivity contribution is 7.99. The fraction of sp³-hybridized carbons (Fsp3) is 0.412. The van der Waals surface area contributed by atoms with E-state index in [1.165, 1.54) is 12.8 Å². The van der Waals surface area contributed by atoms with Crippen molar-refractivity contribution in [1.82, 2.24) is 25.0 Å². The summed E-state index contributed by atoms with van der Waals surface area (Å²) in [6.45, 7) is 5.07. The minimum absolute atomic E-state index is 0.0246. The van der Waals surface area contributed by atoms with Crippen LogP contribution in [0.25, 0.3) is 11.5 Å². The molecule has 24 heavy (non-hydrogen) atoms. The summed E-state index contributed by atoms with van der Waals surface area (Å²) in [4.78, 5) is 0. The molecule has 0 spiro atoms. The quantitative estimate of drug-likeness (QED) is 0.629. The lowest BCUT2D eigenvalue weighted by atomic mass is 10.2. The van der Waals surface area contributed by atoms with Crippen LogP contribution in [0.15, 0.2) is 39.9 Å². The first-order valence-electron chi connectivity index (χ1n) is 8.24. The standard InChI is InChI=1S/C17H19N5OS/c1-3-22-14(12-9-10-12)18-21-17(22)24-11(2)15-19-20-16(23-15)13-7-5-4-6-8-13/h4-8,11-12H,3,9-10H2,1-2H3/t11-/m1/s1. The lowest BCUT2D eigenvalue weighted by Crippen LogP contribution is -2.02. The van der Waals surface area contributed by atoms with Gasteiger partial charge in [0, 0.05) is 18.0 Å². The lowest BCUT2D eigenvalue weighted by molar-refractivity contribution is 0.508. The van der Waals surface area contributed by atoms with Gasteiger partial charge in [0.2, 0.25) is 11.8 Å². The molecule has 124 valence electrons. The summed E-state index contributed by atoms with van der Waals surface area (Å²) in [6.07, 6.45) is 2.45. The number of rotatable bonds is 6. The van der Waals surface area contributed by atoms with Crippen molar-refractivity contribution < 1.29 is 4.42 Å². The van der Waals surface area contributed by atoms with Crippen molar-refractivity contribution in [1.29, 1.82) is 0 Å². The molecule has 1 atom stereocenters.